The molecule has 0 saturated heterocycles. The van der Waals surface area contributed by atoms with Crippen molar-refractivity contribution in [3.8, 4) is 11.5 Å². The molecule has 0 aliphatic heterocycles. The fourth-order valence-electron chi connectivity index (χ4n) is 3.30. The number of nitrogens with one attached hydrogen (secondary N) is 2. The van der Waals surface area contributed by atoms with Gasteiger partial charge in [-0.2, -0.15) is 0 Å². The number of aromatic amines is 1. The average Bonchev–Trinajstić information content (AvgIpc) is 2.73. The molecular formula is C22H19N3O4. The Morgan fingerprint density at radius 1 is 1.07 bits per heavy atom. The van der Waals surface area contributed by atoms with Gasteiger partial charge < -0.3 is 19.8 Å². The minimum atomic E-state index is -0.509. The molecule has 0 aliphatic carbocycles. The molecule has 2 heterocycles. The molecule has 0 spiro atoms. The Hall–Kier alpha value is -3.87. The predicted octanol–water partition coefficient (Wildman–Crippen LogP) is 3.65. The molecule has 29 heavy (non-hydrogen) atoms. The molecule has 0 radical (unpaired) electrons. The van der Waals surface area contributed by atoms with Crippen LogP contribution in [0, 0.1) is 6.92 Å². The Morgan fingerprint density at radius 3 is 2.66 bits per heavy atom. The van der Waals surface area contributed by atoms with Crippen molar-refractivity contribution in [1.82, 2.24) is 9.97 Å². The fourth-order valence-corrected chi connectivity index (χ4v) is 3.30. The number of ether oxygens (including phenoxy) is 2. The normalized spacial score (nSPS) is 10.9. The van der Waals surface area contributed by atoms with Crippen LogP contribution >= 0.6 is 0 Å². The van der Waals surface area contributed by atoms with Crippen LogP contribution in [-0.2, 0) is 0 Å². The first-order valence-electron chi connectivity index (χ1n) is 8.97. The molecule has 2 aromatic carbocycles. The summed E-state index contributed by atoms with van der Waals surface area (Å²) >= 11 is 0. The van der Waals surface area contributed by atoms with Gasteiger partial charge in [0.25, 0.3) is 5.91 Å². The number of hydrogen-bond donors (Lipinski definition) is 2. The predicted molar refractivity (Wildman–Crippen MR) is 112 cm³/mol. The van der Waals surface area contributed by atoms with Gasteiger partial charge in [0, 0.05) is 28.2 Å². The van der Waals surface area contributed by atoms with E-state index in [1.165, 1.54) is 13.3 Å². The Bertz CT molecular complexity index is 1310. The number of hydrogen-bond acceptors (Lipinski definition) is 5. The second kappa shape index (κ2) is 7.27. The summed E-state index contributed by atoms with van der Waals surface area (Å²) in [7, 11) is 3.09. The number of methoxy groups -OCH3 is 2. The molecule has 7 heteroatoms. The zero-order chi connectivity index (χ0) is 20.5. The maximum Gasteiger partial charge on any atom is 0.261 e. The number of pyridine rings is 2. The summed E-state index contributed by atoms with van der Waals surface area (Å²) in [5, 5.41) is 3.95. The first kappa shape index (κ1) is 18.5. The number of anilines is 1. The van der Waals surface area contributed by atoms with E-state index in [2.05, 4.69) is 15.3 Å². The SMILES string of the molecule is COc1ccc2[nH]cc(C(=O)Nc3cc(C)nc4c(OC)cccc34)c(=O)c2c1. The van der Waals surface area contributed by atoms with Gasteiger partial charge in [0.15, 0.2) is 0 Å². The third-order valence-electron chi connectivity index (χ3n) is 4.73. The van der Waals surface area contributed by atoms with Gasteiger partial charge in [-0.15, -0.1) is 0 Å². The van der Waals surface area contributed by atoms with Gasteiger partial charge in [-0.25, -0.2) is 4.98 Å². The maximum atomic E-state index is 12.9. The van der Waals surface area contributed by atoms with Crippen molar-refractivity contribution in [2.45, 2.75) is 6.92 Å². The Balaban J connectivity index is 1.79. The molecule has 0 atom stereocenters. The molecule has 1 amide bonds. The highest BCUT2D eigenvalue weighted by Crippen LogP contribution is 2.30. The summed E-state index contributed by atoms with van der Waals surface area (Å²) in [6.45, 7) is 1.83. The summed E-state index contributed by atoms with van der Waals surface area (Å²) in [4.78, 5) is 33.3. The fraction of sp³-hybridized carbons (Fsp3) is 0.136. The number of para-hydroxylation sites is 1. The van der Waals surface area contributed by atoms with Crippen molar-refractivity contribution < 1.29 is 14.3 Å². The molecule has 4 aromatic rings. The average molecular weight is 389 g/mol. The number of H-pyrrole nitrogens is 1. The number of fused-ring (bicyclic) bond motifs is 2. The van der Waals surface area contributed by atoms with Crippen LogP contribution in [0.1, 0.15) is 16.1 Å². The number of benzene rings is 2. The van der Waals surface area contributed by atoms with Crippen LogP contribution < -0.4 is 20.2 Å². The highest BCUT2D eigenvalue weighted by molar-refractivity contribution is 6.10. The van der Waals surface area contributed by atoms with Gasteiger partial charge in [0.1, 0.15) is 22.6 Å². The van der Waals surface area contributed by atoms with Crippen LogP contribution in [0.4, 0.5) is 5.69 Å². The third kappa shape index (κ3) is 3.27. The van der Waals surface area contributed by atoms with Crippen molar-refractivity contribution in [1.29, 1.82) is 0 Å². The van der Waals surface area contributed by atoms with E-state index in [-0.39, 0.29) is 11.0 Å². The summed E-state index contributed by atoms with van der Waals surface area (Å²) in [5.74, 6) is 0.645. The number of aryl methyl sites for hydroxylation is 1. The molecule has 0 saturated carbocycles. The van der Waals surface area contributed by atoms with E-state index in [4.69, 9.17) is 9.47 Å². The van der Waals surface area contributed by atoms with Crippen LogP contribution in [0.2, 0.25) is 0 Å². The van der Waals surface area contributed by atoms with Gasteiger partial charge in [-0.05, 0) is 37.3 Å². The minimum Gasteiger partial charge on any atom is -0.497 e. The minimum absolute atomic E-state index is 0.0104. The highest BCUT2D eigenvalue weighted by Gasteiger charge is 2.16. The van der Waals surface area contributed by atoms with Gasteiger partial charge in [-0.3, -0.25) is 9.59 Å². The lowest BCUT2D eigenvalue weighted by atomic mass is 10.1. The first-order chi connectivity index (χ1) is 14.0. The highest BCUT2D eigenvalue weighted by atomic mass is 16.5. The van der Waals surface area contributed by atoms with E-state index in [0.29, 0.717) is 33.6 Å². The van der Waals surface area contributed by atoms with E-state index < -0.39 is 5.91 Å². The summed E-state index contributed by atoms with van der Waals surface area (Å²) in [5.41, 5.74) is 2.18. The van der Waals surface area contributed by atoms with E-state index in [0.717, 1.165) is 11.1 Å². The smallest absolute Gasteiger partial charge is 0.261 e. The van der Waals surface area contributed by atoms with Crippen LogP contribution in [0.25, 0.3) is 21.8 Å². The molecule has 2 N–H and O–H groups in total. The number of aromatic nitrogens is 2. The molecule has 146 valence electrons. The number of amides is 1. The van der Waals surface area contributed by atoms with Crippen LogP contribution in [-0.4, -0.2) is 30.1 Å². The van der Waals surface area contributed by atoms with E-state index in [1.54, 1.807) is 31.4 Å². The molecule has 0 fully saturated rings. The molecule has 0 unspecified atom stereocenters. The molecule has 0 bridgehead atoms. The topological polar surface area (TPSA) is 93.3 Å². The zero-order valence-electron chi connectivity index (χ0n) is 16.2. The van der Waals surface area contributed by atoms with Crippen molar-refractivity contribution >= 4 is 33.4 Å². The number of nitrogens with zero attached hydrogens (tertiary/aromatic N) is 1. The molecule has 0 aliphatic rings. The van der Waals surface area contributed by atoms with E-state index >= 15 is 0 Å². The van der Waals surface area contributed by atoms with E-state index in [9.17, 15) is 9.59 Å². The maximum absolute atomic E-state index is 12.9. The number of rotatable bonds is 4. The van der Waals surface area contributed by atoms with Gasteiger partial charge in [0.05, 0.1) is 19.9 Å². The number of carbonyl (C=O) groups excluding carboxylic acids is 1. The van der Waals surface area contributed by atoms with Crippen LogP contribution in [0.3, 0.4) is 0 Å². The lowest BCUT2D eigenvalue weighted by molar-refractivity contribution is 0.102. The molecule has 7 nitrogen and oxygen atoms in total. The van der Waals surface area contributed by atoms with Crippen molar-refractivity contribution in [2.24, 2.45) is 0 Å². The quantitative estimate of drug-likeness (QED) is 0.556. The van der Waals surface area contributed by atoms with Gasteiger partial charge >= 0.3 is 0 Å². The van der Waals surface area contributed by atoms with Crippen LogP contribution in [0.5, 0.6) is 11.5 Å². The van der Waals surface area contributed by atoms with Crippen molar-refractivity contribution in [3.05, 3.63) is 70.1 Å². The molecule has 4 rings (SSSR count). The zero-order valence-corrected chi connectivity index (χ0v) is 16.2. The Kier molecular flexibility index (Phi) is 4.64. The monoisotopic (exact) mass is 389 g/mol. The number of carbonyl (C=O) groups is 1. The van der Waals surface area contributed by atoms with Crippen molar-refractivity contribution in [2.75, 3.05) is 19.5 Å². The lowest BCUT2D eigenvalue weighted by Gasteiger charge is -2.12. The second-order valence-electron chi connectivity index (χ2n) is 6.56. The summed E-state index contributed by atoms with van der Waals surface area (Å²) in [6, 6.07) is 12.3. The Labute approximate surface area is 166 Å². The molecular weight excluding hydrogens is 370 g/mol. The molecule has 2 aromatic heterocycles. The third-order valence-corrected chi connectivity index (χ3v) is 4.73. The Morgan fingerprint density at radius 2 is 1.90 bits per heavy atom. The van der Waals surface area contributed by atoms with Gasteiger partial charge in [0.2, 0.25) is 5.43 Å². The standard InChI is InChI=1S/C22H19N3O4/c1-12-9-18(14-5-4-6-19(29-3)20(14)24-12)25-22(27)16-11-23-17-8-7-13(28-2)10-15(17)21(16)26/h4-11H,1-3H3,(H,23,26)(H,24,25,27). The lowest BCUT2D eigenvalue weighted by Crippen LogP contribution is -2.22. The van der Waals surface area contributed by atoms with Crippen molar-refractivity contribution in [3.63, 3.8) is 0 Å². The van der Waals surface area contributed by atoms with Gasteiger partial charge in [-0.1, -0.05) is 12.1 Å². The summed E-state index contributed by atoms with van der Waals surface area (Å²) in [6.07, 6.45) is 1.42. The van der Waals surface area contributed by atoms with E-state index in [1.807, 2.05) is 25.1 Å². The largest absolute Gasteiger partial charge is 0.497 e. The van der Waals surface area contributed by atoms with Crippen LogP contribution in [0.15, 0.2) is 53.5 Å². The first-order valence-corrected chi connectivity index (χ1v) is 8.97. The second-order valence-corrected chi connectivity index (χ2v) is 6.56. The summed E-state index contributed by atoms with van der Waals surface area (Å²) < 4.78 is 10.6.